The Morgan fingerprint density at radius 1 is 1.37 bits per heavy atom. The van der Waals surface area contributed by atoms with E-state index >= 15 is 0 Å². The Labute approximate surface area is 113 Å². The molecule has 6 nitrogen and oxygen atoms in total. The van der Waals surface area contributed by atoms with E-state index in [1.165, 1.54) is 6.33 Å². The molecule has 0 saturated heterocycles. The van der Waals surface area contributed by atoms with Gasteiger partial charge in [0, 0.05) is 5.39 Å². The molecule has 1 amide bonds. The van der Waals surface area contributed by atoms with Crippen LogP contribution in [0.25, 0.3) is 10.9 Å². The highest BCUT2D eigenvalue weighted by Gasteiger charge is 2.21. The molecule has 0 aliphatic heterocycles. The molecule has 0 aliphatic rings. The summed E-state index contributed by atoms with van der Waals surface area (Å²) in [5, 5.41) is 20.4. The van der Waals surface area contributed by atoms with Crippen molar-refractivity contribution < 1.29 is 15.0 Å². The zero-order chi connectivity index (χ0) is 14.0. The number of nitrogens with two attached hydrogens (primary N) is 1. The minimum absolute atomic E-state index is 0.253. The third kappa shape index (κ3) is 2.98. The lowest BCUT2D eigenvalue weighted by molar-refractivity contribution is -0.121. The maximum absolute atomic E-state index is 10.7. The molecule has 1 aromatic carbocycles. The first kappa shape index (κ1) is 13.7. The topological polar surface area (TPSA) is 109 Å². The molecule has 0 bridgehead atoms. The smallest absolute Gasteiger partial charge is 0.220 e. The fourth-order valence-corrected chi connectivity index (χ4v) is 1.96. The van der Waals surface area contributed by atoms with Crippen molar-refractivity contribution in [3.63, 3.8) is 0 Å². The molecule has 100 valence electrons. The van der Waals surface area contributed by atoms with Crippen LogP contribution < -0.4 is 5.73 Å². The summed E-state index contributed by atoms with van der Waals surface area (Å²) < 4.78 is 0. The number of carbonyl (C=O) groups is 1. The van der Waals surface area contributed by atoms with Gasteiger partial charge in [-0.15, -0.1) is 0 Å². The Morgan fingerprint density at radius 2 is 2.11 bits per heavy atom. The van der Waals surface area contributed by atoms with Crippen LogP contribution in [-0.2, 0) is 4.79 Å². The highest BCUT2D eigenvalue weighted by Crippen LogP contribution is 2.25. The fraction of sp³-hybridized carbons (Fsp3) is 0.250. The summed E-state index contributed by atoms with van der Waals surface area (Å²) in [4.78, 5) is 18.6. The lowest BCUT2D eigenvalue weighted by Gasteiger charge is -2.17. The quantitative estimate of drug-likeness (QED) is 0.709. The molecule has 0 spiro atoms. The van der Waals surface area contributed by atoms with E-state index in [1.54, 1.807) is 18.2 Å². The first-order chi connectivity index (χ1) is 8.99. The zero-order valence-corrected chi connectivity index (χ0v) is 10.6. The number of rotatable bonds is 4. The van der Waals surface area contributed by atoms with Crippen molar-refractivity contribution in [2.75, 3.05) is 0 Å². The summed E-state index contributed by atoms with van der Waals surface area (Å²) in [7, 11) is 0. The number of halogens is 1. The lowest BCUT2D eigenvalue weighted by Crippen LogP contribution is -2.25. The van der Waals surface area contributed by atoms with Crippen LogP contribution in [0.3, 0.4) is 0 Å². The molecular formula is C12H12ClN3O3. The van der Waals surface area contributed by atoms with Gasteiger partial charge in [-0.1, -0.05) is 17.7 Å². The predicted molar refractivity (Wildman–Crippen MR) is 69.3 cm³/mol. The van der Waals surface area contributed by atoms with Crippen molar-refractivity contribution in [2.45, 2.75) is 18.6 Å². The first-order valence-electron chi connectivity index (χ1n) is 5.53. The number of hydrogen-bond donors (Lipinski definition) is 3. The van der Waals surface area contributed by atoms with Gasteiger partial charge < -0.3 is 15.9 Å². The molecule has 0 saturated carbocycles. The van der Waals surface area contributed by atoms with Gasteiger partial charge in [0.2, 0.25) is 5.91 Å². The molecule has 4 N–H and O–H groups in total. The van der Waals surface area contributed by atoms with E-state index in [9.17, 15) is 15.0 Å². The number of amides is 1. The molecule has 2 rings (SSSR count). The van der Waals surface area contributed by atoms with Crippen LogP contribution in [0, 0.1) is 0 Å². The van der Waals surface area contributed by atoms with E-state index in [-0.39, 0.29) is 11.6 Å². The van der Waals surface area contributed by atoms with Crippen LogP contribution in [0.1, 0.15) is 18.1 Å². The van der Waals surface area contributed by atoms with Gasteiger partial charge >= 0.3 is 0 Å². The molecule has 7 heteroatoms. The normalized spacial score (nSPS) is 14.3. The summed E-state index contributed by atoms with van der Waals surface area (Å²) in [6, 6.07) is 4.82. The Morgan fingerprint density at radius 3 is 2.79 bits per heavy atom. The molecule has 0 fully saturated rings. The van der Waals surface area contributed by atoms with Gasteiger partial charge in [0.05, 0.1) is 18.0 Å². The van der Waals surface area contributed by atoms with Crippen molar-refractivity contribution >= 4 is 28.4 Å². The molecule has 0 radical (unpaired) electrons. The average molecular weight is 282 g/mol. The minimum atomic E-state index is -1.27. The van der Waals surface area contributed by atoms with E-state index in [0.717, 1.165) is 0 Å². The van der Waals surface area contributed by atoms with Crippen LogP contribution in [0.15, 0.2) is 24.5 Å². The molecular weight excluding hydrogens is 270 g/mol. The van der Waals surface area contributed by atoms with Crippen LogP contribution >= 0.6 is 11.6 Å². The van der Waals surface area contributed by atoms with Gasteiger partial charge in [0.1, 0.15) is 17.6 Å². The Kier molecular flexibility index (Phi) is 3.94. The van der Waals surface area contributed by atoms with Crippen LogP contribution in [0.2, 0.25) is 5.15 Å². The summed E-state index contributed by atoms with van der Waals surface area (Å²) in [5.41, 5.74) is 6.01. The molecule has 19 heavy (non-hydrogen) atoms. The molecule has 1 heterocycles. The second-order valence-electron chi connectivity index (χ2n) is 4.12. The second-order valence-corrected chi connectivity index (χ2v) is 4.48. The number of fused-ring (bicyclic) bond motifs is 1. The molecule has 2 atom stereocenters. The summed E-state index contributed by atoms with van der Waals surface area (Å²) >= 11 is 5.93. The van der Waals surface area contributed by atoms with Crippen LogP contribution in [-0.4, -0.2) is 32.2 Å². The van der Waals surface area contributed by atoms with E-state index in [1.807, 2.05) is 0 Å². The van der Waals surface area contributed by atoms with Gasteiger partial charge in [0.25, 0.3) is 0 Å². The van der Waals surface area contributed by atoms with Gasteiger partial charge in [0.15, 0.2) is 0 Å². The van der Waals surface area contributed by atoms with Gasteiger partial charge in [-0.3, -0.25) is 4.79 Å². The maximum atomic E-state index is 10.7. The number of nitrogens with zero attached hydrogens (tertiary/aromatic N) is 2. The third-order valence-corrected chi connectivity index (χ3v) is 3.03. The number of aromatic nitrogens is 2. The Hall–Kier alpha value is -1.76. The van der Waals surface area contributed by atoms with Crippen molar-refractivity contribution in [3.05, 3.63) is 35.2 Å². The van der Waals surface area contributed by atoms with Crippen molar-refractivity contribution in [2.24, 2.45) is 5.73 Å². The molecule has 0 aliphatic carbocycles. The number of aliphatic hydroxyl groups excluding tert-OH is 2. The lowest BCUT2D eigenvalue weighted by atomic mass is 10.0. The van der Waals surface area contributed by atoms with Crippen molar-refractivity contribution in [3.8, 4) is 0 Å². The zero-order valence-electron chi connectivity index (χ0n) is 9.82. The largest absolute Gasteiger partial charge is 0.390 e. The first-order valence-corrected chi connectivity index (χ1v) is 5.91. The van der Waals surface area contributed by atoms with Gasteiger partial charge in [-0.2, -0.15) is 0 Å². The number of aliphatic hydroxyl groups is 2. The highest BCUT2D eigenvalue weighted by atomic mass is 35.5. The number of primary amides is 1. The highest BCUT2D eigenvalue weighted by molar-refractivity contribution is 6.34. The van der Waals surface area contributed by atoms with Crippen molar-refractivity contribution in [1.29, 1.82) is 0 Å². The summed E-state index contributed by atoms with van der Waals surface area (Å²) in [6.45, 7) is 0. The second kappa shape index (κ2) is 5.48. The fourth-order valence-electron chi connectivity index (χ4n) is 1.77. The van der Waals surface area contributed by atoms with Gasteiger partial charge in [-0.05, 0) is 17.7 Å². The van der Waals surface area contributed by atoms with Crippen molar-refractivity contribution in [1.82, 2.24) is 9.97 Å². The average Bonchev–Trinajstić information content (AvgIpc) is 2.37. The molecule has 1 aromatic heterocycles. The van der Waals surface area contributed by atoms with E-state index in [0.29, 0.717) is 16.5 Å². The van der Waals surface area contributed by atoms with E-state index in [2.05, 4.69) is 9.97 Å². The van der Waals surface area contributed by atoms with E-state index in [4.69, 9.17) is 17.3 Å². The number of carbonyl (C=O) groups excluding carboxylic acids is 1. The third-order valence-electron chi connectivity index (χ3n) is 2.73. The van der Waals surface area contributed by atoms with Gasteiger partial charge in [-0.25, -0.2) is 9.97 Å². The van der Waals surface area contributed by atoms with Crippen LogP contribution in [0.4, 0.5) is 0 Å². The summed E-state index contributed by atoms with van der Waals surface area (Å²) in [6.07, 6.45) is -1.48. The number of hydrogen-bond acceptors (Lipinski definition) is 5. The Bertz CT molecular complexity index is 620. The van der Waals surface area contributed by atoms with Crippen LogP contribution in [0.5, 0.6) is 0 Å². The monoisotopic (exact) mass is 281 g/mol. The molecule has 2 aromatic rings. The number of benzene rings is 1. The maximum Gasteiger partial charge on any atom is 0.220 e. The van der Waals surface area contributed by atoms with E-state index < -0.39 is 18.1 Å². The summed E-state index contributed by atoms with van der Waals surface area (Å²) in [5.74, 6) is -0.686. The Balaban J connectivity index is 2.35. The standard InChI is InChI=1S/C12H12ClN3O3/c13-12-7-3-6(1-2-8(7)15-5-16-12)11(19)9(17)4-10(14)18/h1-3,5,9,11,17,19H,4H2,(H2,14,18). The minimum Gasteiger partial charge on any atom is -0.390 e. The predicted octanol–water partition coefficient (Wildman–Crippen LogP) is 0.553. The molecule has 2 unspecified atom stereocenters. The SMILES string of the molecule is NC(=O)CC(O)C(O)c1ccc2ncnc(Cl)c2c1.